The van der Waals surface area contributed by atoms with Crippen molar-refractivity contribution in [2.24, 2.45) is 0 Å². The lowest BCUT2D eigenvalue weighted by Gasteiger charge is -2.07. The number of anilines is 1. The lowest BCUT2D eigenvalue weighted by Crippen LogP contribution is -2.27. The van der Waals surface area contributed by atoms with E-state index in [0.29, 0.717) is 16.3 Å². The molecule has 2 N–H and O–H groups in total. The lowest BCUT2D eigenvalue weighted by atomic mass is 10.2. The number of carbonyl (C=O) groups is 2. The summed E-state index contributed by atoms with van der Waals surface area (Å²) in [6.45, 7) is 0.285. The van der Waals surface area contributed by atoms with E-state index in [2.05, 4.69) is 10.6 Å². The smallest absolute Gasteiger partial charge is 0.251 e. The molecule has 5 heteroatoms. The summed E-state index contributed by atoms with van der Waals surface area (Å²) in [5.74, 6) is -0.347. The number of amides is 2. The van der Waals surface area contributed by atoms with Crippen LogP contribution in [0.25, 0.3) is 0 Å². The third-order valence-electron chi connectivity index (χ3n) is 2.80. The van der Waals surface area contributed by atoms with Crippen molar-refractivity contribution < 1.29 is 9.59 Å². The van der Waals surface area contributed by atoms with Gasteiger partial charge in [0.2, 0.25) is 5.91 Å². The first kappa shape index (κ1) is 15.1. The molecule has 4 nitrogen and oxygen atoms in total. The molecule has 21 heavy (non-hydrogen) atoms. The molecule has 0 aromatic heterocycles. The van der Waals surface area contributed by atoms with Crippen molar-refractivity contribution in [3.05, 3.63) is 65.2 Å². The van der Waals surface area contributed by atoms with Crippen LogP contribution < -0.4 is 10.6 Å². The molecule has 0 aliphatic carbocycles. The molecule has 0 heterocycles. The van der Waals surface area contributed by atoms with Crippen LogP contribution in [-0.2, 0) is 4.79 Å². The quantitative estimate of drug-likeness (QED) is 0.891. The minimum atomic E-state index is -0.185. The van der Waals surface area contributed by atoms with Crippen molar-refractivity contribution in [3.8, 4) is 0 Å². The Morgan fingerprint density at radius 1 is 0.952 bits per heavy atom. The van der Waals surface area contributed by atoms with Gasteiger partial charge >= 0.3 is 0 Å². The average molecular weight is 303 g/mol. The highest BCUT2D eigenvalue weighted by molar-refractivity contribution is 6.30. The van der Waals surface area contributed by atoms with Crippen LogP contribution in [0, 0.1) is 0 Å². The Bertz CT molecular complexity index is 612. The third-order valence-corrected chi connectivity index (χ3v) is 3.05. The molecular formula is C16H15ClN2O2. The van der Waals surface area contributed by atoms with Crippen LogP contribution in [0.15, 0.2) is 54.6 Å². The normalized spacial score (nSPS) is 9.95. The minimum absolute atomic E-state index is 0.161. The van der Waals surface area contributed by atoms with Crippen molar-refractivity contribution in [2.45, 2.75) is 6.42 Å². The first-order chi connectivity index (χ1) is 10.1. The van der Waals surface area contributed by atoms with E-state index in [1.165, 1.54) is 0 Å². The Morgan fingerprint density at radius 2 is 1.62 bits per heavy atom. The van der Waals surface area contributed by atoms with Crippen LogP contribution >= 0.6 is 11.6 Å². The van der Waals surface area contributed by atoms with Crippen LogP contribution in [0.2, 0.25) is 5.02 Å². The van der Waals surface area contributed by atoms with E-state index in [1.807, 2.05) is 6.07 Å². The summed E-state index contributed by atoms with van der Waals surface area (Å²) in [6.07, 6.45) is 0.210. The molecule has 2 aromatic carbocycles. The molecule has 0 bridgehead atoms. The van der Waals surface area contributed by atoms with Crippen molar-refractivity contribution >= 4 is 29.1 Å². The van der Waals surface area contributed by atoms with Crippen LogP contribution in [0.1, 0.15) is 16.8 Å². The van der Waals surface area contributed by atoms with Gasteiger partial charge < -0.3 is 10.6 Å². The number of hydrogen-bond acceptors (Lipinski definition) is 2. The van der Waals surface area contributed by atoms with Gasteiger partial charge in [0.15, 0.2) is 0 Å². The topological polar surface area (TPSA) is 58.2 Å². The summed E-state index contributed by atoms with van der Waals surface area (Å²) < 4.78 is 0. The number of rotatable bonds is 5. The Hall–Kier alpha value is -2.33. The summed E-state index contributed by atoms with van der Waals surface area (Å²) in [5.41, 5.74) is 1.26. The van der Waals surface area contributed by atoms with Gasteiger partial charge in [0.25, 0.3) is 5.91 Å². The van der Waals surface area contributed by atoms with Gasteiger partial charge in [-0.25, -0.2) is 0 Å². The predicted octanol–water partition coefficient (Wildman–Crippen LogP) is 3.10. The number of nitrogens with one attached hydrogen (secondary N) is 2. The van der Waals surface area contributed by atoms with Crippen molar-refractivity contribution in [3.63, 3.8) is 0 Å². The molecule has 0 saturated heterocycles. The minimum Gasteiger partial charge on any atom is -0.352 e. The zero-order valence-corrected chi connectivity index (χ0v) is 12.1. The number of benzene rings is 2. The third kappa shape index (κ3) is 4.93. The average Bonchev–Trinajstić information content (AvgIpc) is 2.50. The number of carbonyl (C=O) groups excluding carboxylic acids is 2. The van der Waals surface area contributed by atoms with Gasteiger partial charge in [-0.15, -0.1) is 0 Å². The second kappa shape index (κ2) is 7.45. The lowest BCUT2D eigenvalue weighted by molar-refractivity contribution is -0.116. The Kier molecular flexibility index (Phi) is 5.35. The summed E-state index contributed by atoms with van der Waals surface area (Å²) in [4.78, 5) is 23.5. The van der Waals surface area contributed by atoms with Crippen molar-refractivity contribution in [2.75, 3.05) is 11.9 Å². The van der Waals surface area contributed by atoms with E-state index >= 15 is 0 Å². The summed E-state index contributed by atoms with van der Waals surface area (Å²) >= 11 is 5.76. The SMILES string of the molecule is O=C(CCNC(=O)c1ccccc1)Nc1ccc(Cl)cc1. The van der Waals surface area contributed by atoms with E-state index < -0.39 is 0 Å². The molecule has 0 aliphatic heterocycles. The first-order valence-electron chi connectivity index (χ1n) is 6.54. The standard InChI is InChI=1S/C16H15ClN2O2/c17-13-6-8-14(9-7-13)19-15(20)10-11-18-16(21)12-4-2-1-3-5-12/h1-9H,10-11H2,(H,18,21)(H,19,20). The van der Waals surface area contributed by atoms with E-state index in [-0.39, 0.29) is 24.8 Å². The van der Waals surface area contributed by atoms with Gasteiger partial charge in [-0.05, 0) is 36.4 Å². The molecule has 0 fully saturated rings. The van der Waals surface area contributed by atoms with E-state index in [1.54, 1.807) is 48.5 Å². The Balaban J connectivity index is 1.74. The van der Waals surface area contributed by atoms with E-state index in [0.717, 1.165) is 0 Å². The molecule has 108 valence electrons. The van der Waals surface area contributed by atoms with Gasteiger partial charge in [0.05, 0.1) is 0 Å². The molecule has 2 amide bonds. The second-order valence-electron chi connectivity index (χ2n) is 4.43. The Morgan fingerprint density at radius 3 is 2.29 bits per heavy atom. The fourth-order valence-electron chi connectivity index (χ4n) is 1.74. The van der Waals surface area contributed by atoms with Crippen LogP contribution in [0.5, 0.6) is 0 Å². The molecular weight excluding hydrogens is 288 g/mol. The fourth-order valence-corrected chi connectivity index (χ4v) is 1.86. The predicted molar refractivity (Wildman–Crippen MR) is 83.5 cm³/mol. The highest BCUT2D eigenvalue weighted by atomic mass is 35.5. The van der Waals surface area contributed by atoms with Crippen LogP contribution in [-0.4, -0.2) is 18.4 Å². The van der Waals surface area contributed by atoms with Gasteiger partial charge in [0.1, 0.15) is 0 Å². The van der Waals surface area contributed by atoms with Gasteiger partial charge in [-0.3, -0.25) is 9.59 Å². The van der Waals surface area contributed by atoms with Crippen LogP contribution in [0.3, 0.4) is 0 Å². The Labute approximate surface area is 128 Å². The maximum Gasteiger partial charge on any atom is 0.251 e. The molecule has 0 saturated carbocycles. The monoisotopic (exact) mass is 302 g/mol. The maximum atomic E-state index is 11.8. The van der Waals surface area contributed by atoms with E-state index in [4.69, 9.17) is 11.6 Å². The summed E-state index contributed by atoms with van der Waals surface area (Å²) in [7, 11) is 0. The van der Waals surface area contributed by atoms with Crippen LogP contribution in [0.4, 0.5) is 5.69 Å². The molecule has 0 atom stereocenters. The number of halogens is 1. The first-order valence-corrected chi connectivity index (χ1v) is 6.91. The molecule has 2 rings (SSSR count). The van der Waals surface area contributed by atoms with E-state index in [9.17, 15) is 9.59 Å². The van der Waals surface area contributed by atoms with Crippen molar-refractivity contribution in [1.29, 1.82) is 0 Å². The zero-order valence-electron chi connectivity index (χ0n) is 11.3. The molecule has 0 spiro atoms. The molecule has 0 aliphatic rings. The maximum absolute atomic E-state index is 11.8. The molecule has 2 aromatic rings. The van der Waals surface area contributed by atoms with Crippen molar-refractivity contribution in [1.82, 2.24) is 5.32 Å². The highest BCUT2D eigenvalue weighted by Crippen LogP contribution is 2.13. The largest absolute Gasteiger partial charge is 0.352 e. The molecule has 0 radical (unpaired) electrons. The summed E-state index contributed by atoms with van der Waals surface area (Å²) in [5, 5.41) is 6.05. The molecule has 0 unspecified atom stereocenters. The van der Waals surface area contributed by atoms with Gasteiger partial charge in [0, 0.05) is 29.2 Å². The number of hydrogen-bond donors (Lipinski definition) is 2. The fraction of sp³-hybridized carbons (Fsp3) is 0.125. The summed E-state index contributed by atoms with van der Waals surface area (Å²) in [6, 6.07) is 15.7. The highest BCUT2D eigenvalue weighted by Gasteiger charge is 2.06. The second-order valence-corrected chi connectivity index (χ2v) is 4.86. The van der Waals surface area contributed by atoms with Gasteiger partial charge in [-0.2, -0.15) is 0 Å². The van der Waals surface area contributed by atoms with Gasteiger partial charge in [-0.1, -0.05) is 29.8 Å². The zero-order chi connectivity index (χ0) is 15.1.